The minimum absolute atomic E-state index is 0.283. The van der Waals surface area contributed by atoms with E-state index in [0.717, 1.165) is 54.9 Å². The number of methoxy groups -OCH3 is 1. The van der Waals surface area contributed by atoms with E-state index in [1.807, 2.05) is 18.2 Å². The molecule has 1 amide bonds. The number of hydrogen-bond acceptors (Lipinski definition) is 8. The fourth-order valence-electron chi connectivity index (χ4n) is 5.25. The molecule has 3 heterocycles. The number of nitrogens with zero attached hydrogens (tertiary/aromatic N) is 5. The van der Waals surface area contributed by atoms with Gasteiger partial charge in [-0.05, 0) is 43.7 Å². The molecule has 41 heavy (non-hydrogen) atoms. The van der Waals surface area contributed by atoms with Crippen LogP contribution in [0.2, 0.25) is 0 Å². The lowest BCUT2D eigenvalue weighted by atomic mass is 10.0. The molecule has 0 radical (unpaired) electrons. The SMILES string of the molecule is C=CC(=O)Nc1cc(CCc2cc(N3OCC[C@@H]3c3ccc(F)cc3F)ncn2)c(OC)cc1N1CCN(C)CC1. The zero-order valence-corrected chi connectivity index (χ0v) is 23.3. The Morgan fingerprint density at radius 2 is 1.95 bits per heavy atom. The number of hydroxylamine groups is 1. The quantitative estimate of drug-likeness (QED) is 0.385. The summed E-state index contributed by atoms with van der Waals surface area (Å²) in [5.41, 5.74) is 3.62. The van der Waals surface area contributed by atoms with Gasteiger partial charge in [0.05, 0.1) is 31.1 Å². The first kappa shape index (κ1) is 28.4. The number of benzene rings is 2. The molecule has 2 aliphatic heterocycles. The molecule has 5 rings (SSSR count). The van der Waals surface area contributed by atoms with Gasteiger partial charge in [-0.2, -0.15) is 0 Å². The first-order chi connectivity index (χ1) is 19.9. The number of carbonyl (C=O) groups is 1. The second kappa shape index (κ2) is 12.6. The highest BCUT2D eigenvalue weighted by Gasteiger charge is 2.31. The van der Waals surface area contributed by atoms with Crippen molar-refractivity contribution < 1.29 is 23.1 Å². The predicted octanol–water partition coefficient (Wildman–Crippen LogP) is 4.31. The van der Waals surface area contributed by atoms with Crippen molar-refractivity contribution in [3.8, 4) is 5.75 Å². The lowest BCUT2D eigenvalue weighted by Crippen LogP contribution is -2.44. The third-order valence-electron chi connectivity index (χ3n) is 7.50. The molecule has 216 valence electrons. The van der Waals surface area contributed by atoms with Crippen LogP contribution in [0.1, 0.15) is 29.3 Å². The lowest BCUT2D eigenvalue weighted by molar-refractivity contribution is -0.111. The lowest BCUT2D eigenvalue weighted by Gasteiger charge is -2.35. The highest BCUT2D eigenvalue weighted by atomic mass is 19.1. The van der Waals surface area contributed by atoms with Gasteiger partial charge in [0.1, 0.15) is 23.7 Å². The van der Waals surface area contributed by atoms with Gasteiger partial charge in [0.2, 0.25) is 5.91 Å². The molecular weight excluding hydrogens is 530 g/mol. The number of aromatic nitrogens is 2. The van der Waals surface area contributed by atoms with E-state index in [1.54, 1.807) is 12.2 Å². The molecule has 1 aromatic heterocycles. The number of nitrogens with one attached hydrogen (secondary N) is 1. The average Bonchev–Trinajstić information content (AvgIpc) is 3.46. The Bertz CT molecular complexity index is 1410. The second-order valence-electron chi connectivity index (χ2n) is 10.2. The van der Waals surface area contributed by atoms with Crippen LogP contribution >= 0.6 is 0 Å². The molecule has 2 aromatic carbocycles. The van der Waals surface area contributed by atoms with Crippen LogP contribution in [0.25, 0.3) is 0 Å². The van der Waals surface area contributed by atoms with E-state index in [0.29, 0.717) is 42.9 Å². The third-order valence-corrected chi connectivity index (χ3v) is 7.50. The van der Waals surface area contributed by atoms with Crippen molar-refractivity contribution in [1.29, 1.82) is 0 Å². The fraction of sp³-hybridized carbons (Fsp3) is 0.367. The van der Waals surface area contributed by atoms with Crippen molar-refractivity contribution in [3.05, 3.63) is 83.8 Å². The predicted molar refractivity (Wildman–Crippen MR) is 153 cm³/mol. The monoisotopic (exact) mass is 564 g/mol. The maximum Gasteiger partial charge on any atom is 0.247 e. The Morgan fingerprint density at radius 1 is 1.15 bits per heavy atom. The molecule has 11 heteroatoms. The van der Waals surface area contributed by atoms with Crippen molar-refractivity contribution in [1.82, 2.24) is 14.9 Å². The number of piperazine rings is 1. The molecule has 0 bridgehead atoms. The van der Waals surface area contributed by atoms with Crippen LogP contribution in [-0.2, 0) is 22.5 Å². The molecule has 0 saturated carbocycles. The topological polar surface area (TPSA) is 83.1 Å². The highest BCUT2D eigenvalue weighted by molar-refractivity contribution is 6.01. The molecule has 2 aliphatic rings. The largest absolute Gasteiger partial charge is 0.496 e. The van der Waals surface area contributed by atoms with Gasteiger partial charge < -0.3 is 19.9 Å². The number of halogens is 2. The van der Waals surface area contributed by atoms with Crippen LogP contribution in [0, 0.1) is 11.6 Å². The summed E-state index contributed by atoms with van der Waals surface area (Å²) in [4.78, 5) is 31.4. The summed E-state index contributed by atoms with van der Waals surface area (Å²) in [6.45, 7) is 7.49. The smallest absolute Gasteiger partial charge is 0.247 e. The Kier molecular flexibility index (Phi) is 8.75. The Hall–Kier alpha value is -4.09. The Morgan fingerprint density at radius 3 is 2.68 bits per heavy atom. The summed E-state index contributed by atoms with van der Waals surface area (Å²) in [5.74, 6) is -0.307. The zero-order chi connectivity index (χ0) is 28.9. The Labute approximate surface area is 238 Å². The van der Waals surface area contributed by atoms with Crippen molar-refractivity contribution in [2.24, 2.45) is 0 Å². The van der Waals surface area contributed by atoms with Crippen LogP contribution in [0.4, 0.5) is 26.0 Å². The molecule has 0 spiro atoms. The summed E-state index contributed by atoms with van der Waals surface area (Å²) in [7, 11) is 3.73. The second-order valence-corrected chi connectivity index (χ2v) is 10.2. The van der Waals surface area contributed by atoms with Gasteiger partial charge in [-0.25, -0.2) is 23.8 Å². The van der Waals surface area contributed by atoms with Gasteiger partial charge in [-0.15, -0.1) is 0 Å². The van der Waals surface area contributed by atoms with Crippen LogP contribution in [-0.4, -0.2) is 67.7 Å². The number of ether oxygens (including phenoxy) is 1. The zero-order valence-electron chi connectivity index (χ0n) is 23.3. The van der Waals surface area contributed by atoms with E-state index in [1.165, 1.54) is 24.5 Å². The highest BCUT2D eigenvalue weighted by Crippen LogP contribution is 2.37. The summed E-state index contributed by atoms with van der Waals surface area (Å²) >= 11 is 0. The standard InChI is InChI=1S/C30H34F2N6O3/c1-4-30(39)35-25-15-20(28(40-3)18-27(25)37-12-10-36(2)11-13-37)5-7-22-17-29(34-19-33-22)38-26(9-14-41-38)23-8-6-21(31)16-24(23)32/h4,6,8,15-19,26H,1,5,7,9-14H2,2-3H3,(H,35,39)/t26-/m1/s1. The van der Waals surface area contributed by atoms with Crippen LogP contribution in [0.5, 0.6) is 5.75 Å². The van der Waals surface area contributed by atoms with Gasteiger partial charge in [-0.1, -0.05) is 12.6 Å². The van der Waals surface area contributed by atoms with Crippen molar-refractivity contribution >= 4 is 23.1 Å². The normalized spacial score (nSPS) is 17.5. The number of amides is 1. The number of likely N-dealkylation sites (N-methyl/N-ethyl adjacent to an activating group) is 1. The van der Waals surface area contributed by atoms with E-state index in [-0.39, 0.29) is 5.91 Å². The maximum absolute atomic E-state index is 14.5. The molecule has 1 N–H and O–H groups in total. The summed E-state index contributed by atoms with van der Waals surface area (Å²) in [6.07, 6.45) is 4.38. The van der Waals surface area contributed by atoms with Crippen LogP contribution < -0.4 is 20.0 Å². The van der Waals surface area contributed by atoms with E-state index >= 15 is 0 Å². The van der Waals surface area contributed by atoms with E-state index in [2.05, 4.69) is 38.7 Å². The first-order valence-electron chi connectivity index (χ1n) is 13.6. The fourth-order valence-corrected chi connectivity index (χ4v) is 5.25. The molecule has 2 saturated heterocycles. The van der Waals surface area contributed by atoms with Gasteiger partial charge in [0, 0.05) is 62.1 Å². The molecule has 9 nitrogen and oxygen atoms in total. The van der Waals surface area contributed by atoms with E-state index in [9.17, 15) is 13.6 Å². The van der Waals surface area contributed by atoms with Gasteiger partial charge in [0.15, 0.2) is 5.82 Å². The van der Waals surface area contributed by atoms with Crippen molar-refractivity contribution in [2.45, 2.75) is 25.3 Å². The van der Waals surface area contributed by atoms with Crippen molar-refractivity contribution in [3.63, 3.8) is 0 Å². The number of hydrogen-bond donors (Lipinski definition) is 1. The maximum atomic E-state index is 14.5. The summed E-state index contributed by atoms with van der Waals surface area (Å²) in [5, 5.41) is 4.53. The molecule has 3 aromatic rings. The van der Waals surface area contributed by atoms with Crippen molar-refractivity contribution in [2.75, 3.05) is 62.2 Å². The molecule has 0 aliphatic carbocycles. The van der Waals surface area contributed by atoms with Gasteiger partial charge in [0.25, 0.3) is 0 Å². The van der Waals surface area contributed by atoms with Gasteiger partial charge in [-0.3, -0.25) is 9.63 Å². The molecule has 2 fully saturated rings. The first-order valence-corrected chi connectivity index (χ1v) is 13.6. The number of rotatable bonds is 9. The summed E-state index contributed by atoms with van der Waals surface area (Å²) in [6, 6.07) is 8.87. The molecule has 1 atom stereocenters. The van der Waals surface area contributed by atoms with Crippen LogP contribution in [0.15, 0.2) is 55.4 Å². The number of anilines is 3. The van der Waals surface area contributed by atoms with Crippen LogP contribution in [0.3, 0.4) is 0 Å². The number of carbonyl (C=O) groups excluding carboxylic acids is 1. The molecular formula is C30H34F2N6O3. The third kappa shape index (κ3) is 6.47. The minimum atomic E-state index is -0.625. The molecule has 0 unspecified atom stereocenters. The minimum Gasteiger partial charge on any atom is -0.496 e. The summed E-state index contributed by atoms with van der Waals surface area (Å²) < 4.78 is 33.8. The number of aryl methyl sites for hydroxylation is 2. The van der Waals surface area contributed by atoms with E-state index < -0.39 is 17.7 Å². The Balaban J connectivity index is 1.37. The van der Waals surface area contributed by atoms with E-state index in [4.69, 9.17) is 9.57 Å². The average molecular weight is 565 g/mol. The van der Waals surface area contributed by atoms with Gasteiger partial charge >= 0.3 is 0 Å².